The number of rotatable bonds is 3. The lowest BCUT2D eigenvalue weighted by Gasteiger charge is -2.05. The standard InChI is InChI=1S/C4H7ClF3N/c5-1-2-9-3-4(6,7)8/h9H,1-3H2. The van der Waals surface area contributed by atoms with E-state index < -0.39 is 12.7 Å². The zero-order valence-electron chi connectivity index (χ0n) is 4.63. The molecule has 56 valence electrons. The second-order valence-corrected chi connectivity index (χ2v) is 1.86. The normalized spacial score (nSPS) is 12.0. The molecule has 0 aliphatic rings. The Balaban J connectivity index is 3.07. The van der Waals surface area contributed by atoms with E-state index in [1.165, 1.54) is 0 Å². The summed E-state index contributed by atoms with van der Waals surface area (Å²) in [5.74, 6) is 0.204. The van der Waals surface area contributed by atoms with Gasteiger partial charge < -0.3 is 5.32 Å². The van der Waals surface area contributed by atoms with Gasteiger partial charge in [0.25, 0.3) is 0 Å². The first-order valence-corrected chi connectivity index (χ1v) is 2.93. The molecular formula is C4H7ClF3N. The van der Waals surface area contributed by atoms with Gasteiger partial charge in [-0.1, -0.05) is 0 Å². The Morgan fingerprint density at radius 3 is 2.22 bits per heavy atom. The zero-order valence-corrected chi connectivity index (χ0v) is 5.39. The molecule has 0 aromatic rings. The van der Waals surface area contributed by atoms with Crippen molar-refractivity contribution in [3.63, 3.8) is 0 Å². The predicted octanol–water partition coefficient (Wildman–Crippen LogP) is 1.38. The molecule has 0 atom stereocenters. The van der Waals surface area contributed by atoms with Crippen molar-refractivity contribution in [3.05, 3.63) is 0 Å². The van der Waals surface area contributed by atoms with E-state index in [-0.39, 0.29) is 12.4 Å². The molecular weight excluding hydrogens is 154 g/mol. The smallest absolute Gasteiger partial charge is 0.308 e. The third-order valence-corrected chi connectivity index (χ3v) is 0.786. The van der Waals surface area contributed by atoms with Gasteiger partial charge in [-0.3, -0.25) is 0 Å². The van der Waals surface area contributed by atoms with Crippen molar-refractivity contribution in [1.82, 2.24) is 5.32 Å². The third-order valence-electron chi connectivity index (χ3n) is 0.597. The van der Waals surface area contributed by atoms with E-state index in [1.54, 1.807) is 0 Å². The predicted molar refractivity (Wildman–Crippen MR) is 29.6 cm³/mol. The second-order valence-electron chi connectivity index (χ2n) is 1.48. The summed E-state index contributed by atoms with van der Waals surface area (Å²) in [5, 5.41) is 2.12. The highest BCUT2D eigenvalue weighted by Gasteiger charge is 2.25. The Labute approximate surface area is 56.2 Å². The van der Waals surface area contributed by atoms with E-state index in [2.05, 4.69) is 5.32 Å². The van der Waals surface area contributed by atoms with Crippen LogP contribution in [0.3, 0.4) is 0 Å². The first-order chi connectivity index (χ1) is 4.06. The topological polar surface area (TPSA) is 12.0 Å². The molecule has 0 rings (SSSR count). The van der Waals surface area contributed by atoms with Crippen LogP contribution in [0.25, 0.3) is 0 Å². The maximum absolute atomic E-state index is 11.3. The largest absolute Gasteiger partial charge is 0.401 e. The molecule has 0 spiro atoms. The molecule has 5 heteroatoms. The van der Waals surface area contributed by atoms with Crippen molar-refractivity contribution in [2.75, 3.05) is 19.0 Å². The minimum Gasteiger partial charge on any atom is -0.308 e. The Kier molecular flexibility index (Phi) is 3.97. The average molecular weight is 162 g/mol. The molecule has 0 radical (unpaired) electrons. The van der Waals surface area contributed by atoms with Gasteiger partial charge in [0.1, 0.15) is 0 Å². The van der Waals surface area contributed by atoms with Crippen LogP contribution in [0.1, 0.15) is 0 Å². The van der Waals surface area contributed by atoms with Gasteiger partial charge in [-0.25, -0.2) is 0 Å². The zero-order chi connectivity index (χ0) is 7.33. The van der Waals surface area contributed by atoms with E-state index in [1.807, 2.05) is 0 Å². The van der Waals surface area contributed by atoms with Crippen LogP contribution in [0.4, 0.5) is 13.2 Å². The van der Waals surface area contributed by atoms with Gasteiger partial charge in [0.15, 0.2) is 0 Å². The van der Waals surface area contributed by atoms with Crippen LogP contribution >= 0.6 is 11.6 Å². The van der Waals surface area contributed by atoms with Crippen LogP contribution in [-0.2, 0) is 0 Å². The Hall–Kier alpha value is 0.0400. The van der Waals surface area contributed by atoms with Crippen molar-refractivity contribution in [2.24, 2.45) is 0 Å². The van der Waals surface area contributed by atoms with Crippen molar-refractivity contribution < 1.29 is 13.2 Å². The third kappa shape index (κ3) is 8.04. The summed E-state index contributed by atoms with van der Waals surface area (Å²) in [7, 11) is 0. The number of halogens is 4. The van der Waals surface area contributed by atoms with Gasteiger partial charge in [0.05, 0.1) is 6.54 Å². The fourth-order valence-electron chi connectivity index (χ4n) is 0.297. The molecule has 0 bridgehead atoms. The monoisotopic (exact) mass is 161 g/mol. The minimum absolute atomic E-state index is 0.196. The molecule has 0 saturated carbocycles. The van der Waals surface area contributed by atoms with Gasteiger partial charge in [0, 0.05) is 12.4 Å². The molecule has 0 amide bonds. The second kappa shape index (κ2) is 3.95. The van der Waals surface area contributed by atoms with Crippen LogP contribution < -0.4 is 5.32 Å². The highest BCUT2D eigenvalue weighted by atomic mass is 35.5. The lowest BCUT2D eigenvalue weighted by Crippen LogP contribution is -2.29. The summed E-state index contributed by atoms with van der Waals surface area (Å²) in [6.07, 6.45) is -4.12. The SMILES string of the molecule is FC(F)(F)CNCCCl. The maximum Gasteiger partial charge on any atom is 0.401 e. The highest BCUT2D eigenvalue weighted by Crippen LogP contribution is 2.11. The molecule has 0 saturated heterocycles. The summed E-state index contributed by atoms with van der Waals surface area (Å²) >= 11 is 5.10. The van der Waals surface area contributed by atoms with Crippen LogP contribution in [-0.4, -0.2) is 25.1 Å². The van der Waals surface area contributed by atoms with Crippen LogP contribution in [0.15, 0.2) is 0 Å². The number of hydrogen-bond donors (Lipinski definition) is 1. The van der Waals surface area contributed by atoms with Gasteiger partial charge in [-0.05, 0) is 0 Å². The number of hydrogen-bond acceptors (Lipinski definition) is 1. The molecule has 0 aliphatic carbocycles. The Bertz CT molecular complexity index is 72.7. The van der Waals surface area contributed by atoms with Gasteiger partial charge in [-0.2, -0.15) is 13.2 Å². The fraction of sp³-hybridized carbons (Fsp3) is 1.00. The molecule has 0 unspecified atom stereocenters. The van der Waals surface area contributed by atoms with E-state index in [9.17, 15) is 13.2 Å². The quantitative estimate of drug-likeness (QED) is 0.487. The summed E-state index contributed by atoms with van der Waals surface area (Å²) < 4.78 is 33.8. The Morgan fingerprint density at radius 1 is 1.33 bits per heavy atom. The van der Waals surface area contributed by atoms with E-state index in [0.29, 0.717) is 0 Å². The summed E-state index contributed by atoms with van der Waals surface area (Å²) in [4.78, 5) is 0. The summed E-state index contributed by atoms with van der Waals surface area (Å²) in [6, 6.07) is 0. The lowest BCUT2D eigenvalue weighted by molar-refractivity contribution is -0.124. The van der Waals surface area contributed by atoms with Crippen molar-refractivity contribution in [3.8, 4) is 0 Å². The van der Waals surface area contributed by atoms with Crippen LogP contribution in [0.2, 0.25) is 0 Å². The molecule has 9 heavy (non-hydrogen) atoms. The van der Waals surface area contributed by atoms with Gasteiger partial charge in [0.2, 0.25) is 0 Å². The van der Waals surface area contributed by atoms with Crippen LogP contribution in [0, 0.1) is 0 Å². The van der Waals surface area contributed by atoms with Gasteiger partial charge in [-0.15, -0.1) is 11.6 Å². The molecule has 0 aromatic carbocycles. The lowest BCUT2D eigenvalue weighted by atomic mass is 10.6. The Morgan fingerprint density at radius 2 is 1.89 bits per heavy atom. The van der Waals surface area contributed by atoms with E-state index in [4.69, 9.17) is 11.6 Å². The minimum atomic E-state index is -4.12. The first kappa shape index (κ1) is 9.04. The number of nitrogens with one attached hydrogen (secondary N) is 1. The van der Waals surface area contributed by atoms with E-state index in [0.717, 1.165) is 0 Å². The van der Waals surface area contributed by atoms with Gasteiger partial charge >= 0.3 is 6.18 Å². The molecule has 0 heterocycles. The van der Waals surface area contributed by atoms with Crippen molar-refractivity contribution >= 4 is 11.6 Å². The first-order valence-electron chi connectivity index (χ1n) is 2.39. The van der Waals surface area contributed by atoms with Crippen LogP contribution in [0.5, 0.6) is 0 Å². The molecule has 0 aliphatic heterocycles. The molecule has 0 fully saturated rings. The molecule has 0 aromatic heterocycles. The fourth-order valence-corrected chi connectivity index (χ4v) is 0.431. The van der Waals surface area contributed by atoms with Crippen molar-refractivity contribution in [2.45, 2.75) is 6.18 Å². The molecule has 1 N–H and O–H groups in total. The molecule has 1 nitrogen and oxygen atoms in total. The van der Waals surface area contributed by atoms with E-state index >= 15 is 0 Å². The number of alkyl halides is 4. The summed E-state index contributed by atoms with van der Waals surface area (Å²) in [5.41, 5.74) is 0. The van der Waals surface area contributed by atoms with Crippen molar-refractivity contribution in [1.29, 1.82) is 0 Å². The average Bonchev–Trinajstić information content (AvgIpc) is 1.63. The highest BCUT2D eigenvalue weighted by molar-refractivity contribution is 6.18. The summed E-state index contributed by atoms with van der Waals surface area (Å²) in [6.45, 7) is -0.763. The maximum atomic E-state index is 11.3.